The summed E-state index contributed by atoms with van der Waals surface area (Å²) in [5, 5.41) is 0. The Labute approximate surface area is 160 Å². The average Bonchev–Trinajstić information content (AvgIpc) is 2.58. The molecule has 2 nitrogen and oxygen atoms in total. The number of hydrogen-bond donors (Lipinski definition) is 1. The molecule has 1 atom stereocenters. The molecule has 0 aliphatic heterocycles. The van der Waals surface area contributed by atoms with E-state index in [0.717, 1.165) is 17.9 Å². The summed E-state index contributed by atoms with van der Waals surface area (Å²) in [5.41, 5.74) is 9.25. The molecular weight excluding hydrogens is 318 g/mol. The van der Waals surface area contributed by atoms with Crippen molar-refractivity contribution in [1.29, 1.82) is 0 Å². The van der Waals surface area contributed by atoms with Crippen LogP contribution in [0.1, 0.15) is 79.6 Å². The molecule has 2 rings (SSSR count). The summed E-state index contributed by atoms with van der Waals surface area (Å²) < 4.78 is 6.61. The summed E-state index contributed by atoms with van der Waals surface area (Å²) >= 11 is 0. The predicted molar refractivity (Wildman–Crippen MR) is 114 cm³/mol. The first kappa shape index (κ1) is 20.6. The number of nitrogens with two attached hydrogens (primary N) is 1. The van der Waals surface area contributed by atoms with Gasteiger partial charge in [-0.25, -0.2) is 0 Å². The van der Waals surface area contributed by atoms with E-state index in [0.29, 0.717) is 0 Å². The average molecular weight is 356 g/mol. The van der Waals surface area contributed by atoms with Crippen molar-refractivity contribution in [1.82, 2.24) is 0 Å². The molecule has 2 N–H and O–H groups in total. The molecule has 0 saturated heterocycles. The van der Waals surface area contributed by atoms with Crippen molar-refractivity contribution in [2.45, 2.75) is 85.2 Å². The van der Waals surface area contributed by atoms with E-state index < -0.39 is 0 Å². The summed E-state index contributed by atoms with van der Waals surface area (Å²) in [4.78, 5) is 0. The molecule has 26 heavy (non-hydrogen) atoms. The zero-order valence-electron chi connectivity index (χ0n) is 17.4. The minimum absolute atomic E-state index is 0.000946. The highest BCUT2D eigenvalue weighted by Crippen LogP contribution is 2.44. The van der Waals surface area contributed by atoms with Crippen LogP contribution in [-0.2, 0) is 0 Å². The highest BCUT2D eigenvalue weighted by Gasteiger charge is 2.44. The van der Waals surface area contributed by atoms with Crippen LogP contribution < -0.4 is 10.5 Å². The first-order chi connectivity index (χ1) is 12.3. The lowest BCUT2D eigenvalue weighted by atomic mass is 9.69. The molecule has 1 aliphatic carbocycles. The lowest BCUT2D eigenvalue weighted by Gasteiger charge is -2.45. The highest BCUT2D eigenvalue weighted by molar-refractivity contribution is 5.43. The van der Waals surface area contributed by atoms with Crippen LogP contribution in [0.2, 0.25) is 0 Å². The van der Waals surface area contributed by atoms with E-state index in [1.54, 1.807) is 5.57 Å². The molecule has 0 spiro atoms. The van der Waals surface area contributed by atoms with Gasteiger partial charge in [-0.3, -0.25) is 0 Å². The molecule has 2 heteroatoms. The Hall–Kier alpha value is -1.70. The number of anilines is 1. The normalized spacial score (nSPS) is 20.5. The van der Waals surface area contributed by atoms with Crippen molar-refractivity contribution in [3.05, 3.63) is 47.6 Å². The zero-order valence-corrected chi connectivity index (χ0v) is 17.4. The van der Waals surface area contributed by atoms with E-state index in [9.17, 15) is 0 Å². The van der Waals surface area contributed by atoms with Crippen LogP contribution in [0.5, 0.6) is 5.75 Å². The molecule has 0 amide bonds. The number of rotatable bonds is 8. The minimum atomic E-state index is -0.318. The van der Waals surface area contributed by atoms with Crippen molar-refractivity contribution < 1.29 is 4.74 Å². The molecule has 1 aromatic carbocycles. The van der Waals surface area contributed by atoms with Gasteiger partial charge in [0.05, 0.1) is 0 Å². The molecule has 144 valence electrons. The fraction of sp³-hybridized carbons (Fsp3) is 0.583. The van der Waals surface area contributed by atoms with Crippen molar-refractivity contribution in [2.24, 2.45) is 5.41 Å². The van der Waals surface area contributed by atoms with Crippen LogP contribution in [-0.4, -0.2) is 5.60 Å². The number of nitrogen functional groups attached to an aromatic ring is 1. The molecule has 1 aromatic rings. The molecule has 0 bridgehead atoms. The Kier molecular flexibility index (Phi) is 6.97. The summed E-state index contributed by atoms with van der Waals surface area (Å²) in [6.45, 7) is 11.3. The molecule has 0 fully saturated rings. The van der Waals surface area contributed by atoms with Crippen LogP contribution in [0.4, 0.5) is 5.69 Å². The fourth-order valence-electron chi connectivity index (χ4n) is 3.60. The topological polar surface area (TPSA) is 35.2 Å². The molecule has 0 aromatic heterocycles. The monoisotopic (exact) mass is 355 g/mol. The molecule has 0 radical (unpaired) electrons. The van der Waals surface area contributed by atoms with Gasteiger partial charge in [-0.2, -0.15) is 0 Å². The van der Waals surface area contributed by atoms with Gasteiger partial charge in [0.1, 0.15) is 11.4 Å². The number of hydrogen-bond acceptors (Lipinski definition) is 2. The number of ether oxygens (including phenoxy) is 1. The van der Waals surface area contributed by atoms with Gasteiger partial charge >= 0.3 is 0 Å². The zero-order chi connectivity index (χ0) is 19.2. The second kappa shape index (κ2) is 8.79. The fourth-order valence-corrected chi connectivity index (χ4v) is 3.60. The quantitative estimate of drug-likeness (QED) is 0.400. The molecular formula is C24H37NO. The highest BCUT2D eigenvalue weighted by atomic mass is 16.5. The van der Waals surface area contributed by atoms with Gasteiger partial charge in [0, 0.05) is 17.5 Å². The lowest BCUT2D eigenvalue weighted by molar-refractivity contribution is 0.00912. The van der Waals surface area contributed by atoms with Crippen molar-refractivity contribution in [2.75, 3.05) is 5.73 Å². The number of unbranched alkanes of at least 4 members (excludes halogenated alkanes) is 4. The van der Waals surface area contributed by atoms with Crippen LogP contribution in [0.3, 0.4) is 0 Å². The Balaban J connectivity index is 2.14. The Bertz CT molecular complexity index is 633. The predicted octanol–water partition coefficient (Wildman–Crippen LogP) is 7.07. The minimum Gasteiger partial charge on any atom is -0.482 e. The van der Waals surface area contributed by atoms with E-state index in [-0.39, 0.29) is 11.0 Å². The third-order valence-corrected chi connectivity index (χ3v) is 5.67. The van der Waals surface area contributed by atoms with Crippen molar-refractivity contribution in [3.8, 4) is 5.75 Å². The summed E-state index contributed by atoms with van der Waals surface area (Å²) in [7, 11) is 0. The Morgan fingerprint density at radius 2 is 1.69 bits per heavy atom. The number of allylic oxidation sites excluding steroid dienone is 2. The van der Waals surface area contributed by atoms with Gasteiger partial charge in [-0.1, -0.05) is 70.6 Å². The van der Waals surface area contributed by atoms with Gasteiger partial charge in [0.15, 0.2) is 0 Å². The molecule has 0 saturated carbocycles. The summed E-state index contributed by atoms with van der Waals surface area (Å²) in [6.07, 6.45) is 13.3. The van der Waals surface area contributed by atoms with Crippen LogP contribution in [0.15, 0.2) is 47.6 Å². The van der Waals surface area contributed by atoms with E-state index in [1.807, 2.05) is 24.3 Å². The third kappa shape index (κ3) is 5.16. The van der Waals surface area contributed by atoms with E-state index >= 15 is 0 Å². The summed E-state index contributed by atoms with van der Waals surface area (Å²) in [5.74, 6) is 0.889. The maximum absolute atomic E-state index is 6.61. The summed E-state index contributed by atoms with van der Waals surface area (Å²) in [6, 6.07) is 7.78. The van der Waals surface area contributed by atoms with E-state index in [4.69, 9.17) is 10.5 Å². The largest absolute Gasteiger partial charge is 0.482 e. The van der Waals surface area contributed by atoms with Gasteiger partial charge in [-0.05, 0) is 50.1 Å². The molecule has 1 aliphatic rings. The van der Waals surface area contributed by atoms with E-state index in [2.05, 4.69) is 46.8 Å². The van der Waals surface area contributed by atoms with Crippen molar-refractivity contribution in [3.63, 3.8) is 0 Å². The van der Waals surface area contributed by atoms with Gasteiger partial charge < -0.3 is 10.5 Å². The second-order valence-corrected chi connectivity index (χ2v) is 8.77. The first-order valence-electron chi connectivity index (χ1n) is 10.2. The van der Waals surface area contributed by atoms with Crippen LogP contribution >= 0.6 is 0 Å². The molecule has 0 heterocycles. The first-order valence-corrected chi connectivity index (χ1v) is 10.2. The third-order valence-electron chi connectivity index (χ3n) is 5.67. The van der Waals surface area contributed by atoms with Crippen molar-refractivity contribution >= 4 is 5.69 Å². The second-order valence-electron chi connectivity index (χ2n) is 8.77. The van der Waals surface area contributed by atoms with Gasteiger partial charge in [0.2, 0.25) is 0 Å². The van der Waals surface area contributed by atoms with Gasteiger partial charge in [0.25, 0.3) is 0 Å². The lowest BCUT2D eigenvalue weighted by Crippen LogP contribution is -2.48. The molecule has 1 unspecified atom stereocenters. The number of benzene rings is 1. The maximum atomic E-state index is 6.61. The Morgan fingerprint density at radius 1 is 1.04 bits per heavy atom. The van der Waals surface area contributed by atoms with Gasteiger partial charge in [-0.15, -0.1) is 0 Å². The van der Waals surface area contributed by atoms with E-state index in [1.165, 1.54) is 44.1 Å². The SMILES string of the molecule is CCCCCCCC1=C(C)C=CC(Oc2ccc(N)cc2)(C(C)(C)C)C1. The van der Waals surface area contributed by atoms with Crippen LogP contribution in [0.25, 0.3) is 0 Å². The standard InChI is InChI=1S/C24H37NO/c1-6-7-8-9-10-11-20-18-24(23(3,4)5,17-16-19(20)2)26-22-14-12-21(25)13-15-22/h12-17H,6-11,18,25H2,1-5H3. The smallest absolute Gasteiger partial charge is 0.136 e. The Morgan fingerprint density at radius 3 is 2.31 bits per heavy atom. The van der Waals surface area contributed by atoms with Crippen LogP contribution in [0, 0.1) is 5.41 Å². The maximum Gasteiger partial charge on any atom is 0.136 e.